The van der Waals surface area contributed by atoms with Crippen LogP contribution in [0.2, 0.25) is 10.0 Å². The van der Waals surface area contributed by atoms with Crippen LogP contribution < -0.4 is 5.32 Å². The van der Waals surface area contributed by atoms with Crippen molar-refractivity contribution in [2.45, 2.75) is 18.9 Å². The quantitative estimate of drug-likeness (QED) is 0.767. The molecular formula is C16H16BrCl2N. The van der Waals surface area contributed by atoms with Gasteiger partial charge in [0.25, 0.3) is 0 Å². The van der Waals surface area contributed by atoms with Gasteiger partial charge in [-0.1, -0.05) is 57.3 Å². The molecule has 2 aromatic rings. The largest absolute Gasteiger partial charge is 0.316 e. The van der Waals surface area contributed by atoms with E-state index in [-0.39, 0.29) is 0 Å². The molecular weight excluding hydrogens is 357 g/mol. The first kappa shape index (κ1) is 15.8. The molecule has 2 rings (SSSR count). The third-order valence-electron chi connectivity index (χ3n) is 3.29. The van der Waals surface area contributed by atoms with Crippen molar-refractivity contribution in [2.75, 3.05) is 7.05 Å². The molecule has 0 fully saturated rings. The fourth-order valence-electron chi connectivity index (χ4n) is 2.20. The minimum absolute atomic E-state index is 0.293. The van der Waals surface area contributed by atoms with Crippen molar-refractivity contribution < 1.29 is 0 Å². The van der Waals surface area contributed by atoms with E-state index in [1.165, 1.54) is 5.56 Å². The minimum atomic E-state index is 0.293. The van der Waals surface area contributed by atoms with Crippen molar-refractivity contribution in [1.29, 1.82) is 0 Å². The molecule has 106 valence electrons. The van der Waals surface area contributed by atoms with Crippen LogP contribution in [0.15, 0.2) is 46.9 Å². The maximum atomic E-state index is 6.24. The Morgan fingerprint density at radius 3 is 2.30 bits per heavy atom. The van der Waals surface area contributed by atoms with Crippen LogP contribution in [0.4, 0.5) is 0 Å². The fourth-order valence-corrected chi connectivity index (χ4v) is 3.20. The second-order valence-corrected chi connectivity index (χ2v) is 6.45. The van der Waals surface area contributed by atoms with E-state index in [9.17, 15) is 0 Å². The fraction of sp³-hybridized carbons (Fsp3) is 0.250. The Bertz CT molecular complexity index is 566. The summed E-state index contributed by atoms with van der Waals surface area (Å²) in [6.07, 6.45) is 1.74. The third kappa shape index (κ3) is 4.23. The smallest absolute Gasteiger partial charge is 0.0453 e. The summed E-state index contributed by atoms with van der Waals surface area (Å²) in [6, 6.07) is 14.3. The molecule has 1 nitrogen and oxygen atoms in total. The standard InChI is InChI=1S/C16H16BrCl2N/c1-20-13(9-11-4-2-5-12(17)8-11)10-14-15(18)6-3-7-16(14)19/h2-8,13,20H,9-10H2,1H3. The molecule has 0 saturated carbocycles. The number of hydrogen-bond donors (Lipinski definition) is 1. The Morgan fingerprint density at radius 1 is 1.05 bits per heavy atom. The summed E-state index contributed by atoms with van der Waals surface area (Å²) >= 11 is 16.0. The molecule has 4 heteroatoms. The predicted molar refractivity (Wildman–Crippen MR) is 90.9 cm³/mol. The predicted octanol–water partition coefficient (Wildman–Crippen LogP) is 5.13. The molecule has 0 bridgehead atoms. The molecule has 20 heavy (non-hydrogen) atoms. The topological polar surface area (TPSA) is 12.0 Å². The molecule has 1 N–H and O–H groups in total. The highest BCUT2D eigenvalue weighted by atomic mass is 79.9. The van der Waals surface area contributed by atoms with Gasteiger partial charge in [-0.2, -0.15) is 0 Å². The lowest BCUT2D eigenvalue weighted by molar-refractivity contribution is 0.556. The highest BCUT2D eigenvalue weighted by Gasteiger charge is 2.13. The first-order valence-electron chi connectivity index (χ1n) is 6.44. The lowest BCUT2D eigenvalue weighted by Crippen LogP contribution is -2.30. The van der Waals surface area contributed by atoms with Crippen molar-refractivity contribution in [3.05, 3.63) is 68.1 Å². The number of benzene rings is 2. The van der Waals surface area contributed by atoms with Gasteiger partial charge in [0.2, 0.25) is 0 Å². The van der Waals surface area contributed by atoms with Crippen molar-refractivity contribution >= 4 is 39.1 Å². The van der Waals surface area contributed by atoms with Crippen LogP contribution in [0.5, 0.6) is 0 Å². The summed E-state index contributed by atoms with van der Waals surface area (Å²) < 4.78 is 1.10. The summed E-state index contributed by atoms with van der Waals surface area (Å²) in [5.41, 5.74) is 2.28. The van der Waals surface area contributed by atoms with Gasteiger partial charge in [0.05, 0.1) is 0 Å². The average molecular weight is 373 g/mol. The lowest BCUT2D eigenvalue weighted by Gasteiger charge is -2.18. The second-order valence-electron chi connectivity index (χ2n) is 4.72. The van der Waals surface area contributed by atoms with Gasteiger partial charge < -0.3 is 5.32 Å². The molecule has 0 aliphatic rings. The number of halogens is 3. The summed E-state index contributed by atoms with van der Waals surface area (Å²) in [5, 5.41) is 4.80. The number of rotatable bonds is 5. The van der Waals surface area contributed by atoms with Crippen molar-refractivity contribution in [3.63, 3.8) is 0 Å². The molecule has 0 aliphatic heterocycles. The molecule has 0 heterocycles. The highest BCUT2D eigenvalue weighted by Crippen LogP contribution is 2.26. The van der Waals surface area contributed by atoms with Crippen LogP contribution in [0.25, 0.3) is 0 Å². The zero-order chi connectivity index (χ0) is 14.5. The summed E-state index contributed by atoms with van der Waals surface area (Å²) in [6.45, 7) is 0. The van der Waals surface area contributed by atoms with E-state index in [0.717, 1.165) is 32.9 Å². The molecule has 0 aromatic heterocycles. The van der Waals surface area contributed by atoms with Gasteiger partial charge >= 0.3 is 0 Å². The second kappa shape index (κ2) is 7.46. The van der Waals surface area contributed by atoms with Crippen LogP contribution in [-0.4, -0.2) is 13.1 Å². The van der Waals surface area contributed by atoms with Gasteiger partial charge in [-0.05, 0) is 55.3 Å². The number of likely N-dealkylation sites (N-methyl/N-ethyl adjacent to an activating group) is 1. The molecule has 1 atom stereocenters. The van der Waals surface area contributed by atoms with Crippen LogP contribution in [0.1, 0.15) is 11.1 Å². The normalized spacial score (nSPS) is 12.4. The van der Waals surface area contributed by atoms with E-state index in [1.807, 2.05) is 31.3 Å². The third-order valence-corrected chi connectivity index (χ3v) is 4.49. The molecule has 0 amide bonds. The summed E-state index contributed by atoms with van der Waals surface area (Å²) in [5.74, 6) is 0. The minimum Gasteiger partial charge on any atom is -0.316 e. The monoisotopic (exact) mass is 371 g/mol. The Hall–Kier alpha value is -0.540. The van der Waals surface area contributed by atoms with Crippen LogP contribution in [-0.2, 0) is 12.8 Å². The molecule has 0 aliphatic carbocycles. The maximum absolute atomic E-state index is 6.24. The Balaban J connectivity index is 2.13. The van der Waals surface area contributed by atoms with Gasteiger partial charge in [0, 0.05) is 20.6 Å². The zero-order valence-electron chi connectivity index (χ0n) is 11.2. The zero-order valence-corrected chi connectivity index (χ0v) is 14.3. The van der Waals surface area contributed by atoms with E-state index in [2.05, 4.69) is 39.4 Å². The number of hydrogen-bond acceptors (Lipinski definition) is 1. The molecule has 0 saturated heterocycles. The van der Waals surface area contributed by atoms with Gasteiger partial charge in [0.15, 0.2) is 0 Å². The van der Waals surface area contributed by atoms with Gasteiger partial charge in [0.1, 0.15) is 0 Å². The summed E-state index contributed by atoms with van der Waals surface area (Å²) in [7, 11) is 1.97. The van der Waals surface area contributed by atoms with Crippen LogP contribution >= 0.6 is 39.1 Å². The first-order valence-corrected chi connectivity index (χ1v) is 7.99. The molecule has 0 radical (unpaired) electrons. The van der Waals surface area contributed by atoms with Crippen LogP contribution in [0, 0.1) is 0 Å². The van der Waals surface area contributed by atoms with E-state index in [1.54, 1.807) is 0 Å². The van der Waals surface area contributed by atoms with Crippen LogP contribution in [0.3, 0.4) is 0 Å². The number of nitrogens with one attached hydrogen (secondary N) is 1. The lowest BCUT2D eigenvalue weighted by atomic mass is 9.99. The highest BCUT2D eigenvalue weighted by molar-refractivity contribution is 9.10. The maximum Gasteiger partial charge on any atom is 0.0453 e. The van der Waals surface area contributed by atoms with E-state index in [4.69, 9.17) is 23.2 Å². The SMILES string of the molecule is CNC(Cc1cccc(Br)c1)Cc1c(Cl)cccc1Cl. The van der Waals surface area contributed by atoms with E-state index >= 15 is 0 Å². The van der Waals surface area contributed by atoms with Crippen molar-refractivity contribution in [3.8, 4) is 0 Å². The summed E-state index contributed by atoms with van der Waals surface area (Å²) in [4.78, 5) is 0. The van der Waals surface area contributed by atoms with Gasteiger partial charge in [-0.15, -0.1) is 0 Å². The Kier molecular flexibility index (Phi) is 5.91. The molecule has 0 spiro atoms. The van der Waals surface area contributed by atoms with Crippen molar-refractivity contribution in [2.24, 2.45) is 0 Å². The molecule has 2 aromatic carbocycles. The van der Waals surface area contributed by atoms with E-state index < -0.39 is 0 Å². The Labute approximate surface area is 138 Å². The van der Waals surface area contributed by atoms with Gasteiger partial charge in [-0.3, -0.25) is 0 Å². The van der Waals surface area contributed by atoms with E-state index in [0.29, 0.717) is 6.04 Å². The average Bonchev–Trinajstić information content (AvgIpc) is 2.42. The van der Waals surface area contributed by atoms with Crippen molar-refractivity contribution in [1.82, 2.24) is 5.32 Å². The first-order chi connectivity index (χ1) is 9.60. The van der Waals surface area contributed by atoms with Gasteiger partial charge in [-0.25, -0.2) is 0 Å². The Morgan fingerprint density at radius 2 is 1.70 bits per heavy atom. The molecule has 1 unspecified atom stereocenters.